The van der Waals surface area contributed by atoms with Gasteiger partial charge in [-0.3, -0.25) is 9.32 Å². The highest BCUT2D eigenvalue weighted by Crippen LogP contribution is 2.59. The molecule has 1 aromatic heterocycles. The second kappa shape index (κ2) is 27.0. The van der Waals surface area contributed by atoms with Crippen LogP contribution in [0.3, 0.4) is 0 Å². The Labute approximate surface area is 414 Å². The van der Waals surface area contributed by atoms with Crippen molar-refractivity contribution < 1.29 is 72.6 Å². The number of nitrogens with one attached hydrogen (secondary N) is 1. The Hall–Kier alpha value is -3.42. The molecule has 1 spiro atoms. The third-order valence-corrected chi connectivity index (χ3v) is 14.5. The lowest BCUT2D eigenvalue weighted by molar-refractivity contribution is -0.334. The number of methoxy groups -OCH3 is 2. The van der Waals surface area contributed by atoms with Crippen molar-refractivity contribution in [2.24, 2.45) is 23.2 Å². The van der Waals surface area contributed by atoms with Gasteiger partial charge in [-0.25, -0.2) is 9.55 Å². The molecule has 2 aliphatic heterocycles. The molecule has 2 unspecified atom stereocenters. The lowest BCUT2D eigenvalue weighted by Crippen LogP contribution is -2.58. The summed E-state index contributed by atoms with van der Waals surface area (Å²) < 4.78 is 48.2. The van der Waals surface area contributed by atoms with Gasteiger partial charge in [-0.05, 0) is 64.9 Å². The van der Waals surface area contributed by atoms with Crippen molar-refractivity contribution in [3.63, 3.8) is 0 Å². The second-order valence-corrected chi connectivity index (χ2v) is 21.1. The Kier molecular flexibility index (Phi) is 23.5. The molecule has 3 rings (SSSR count). The van der Waals surface area contributed by atoms with Gasteiger partial charge in [0.15, 0.2) is 17.8 Å². The van der Waals surface area contributed by atoms with Crippen LogP contribution in [0.15, 0.2) is 63.9 Å². The number of aromatic nitrogens is 1. The number of phosphoric ester groups is 1. The van der Waals surface area contributed by atoms with Crippen molar-refractivity contribution >= 4 is 19.8 Å². The molecular weight excluding hydrogens is 928 g/mol. The molecule has 3 heterocycles. The molecule has 2 fully saturated rings. The van der Waals surface area contributed by atoms with E-state index in [-0.39, 0.29) is 44.2 Å². The number of hydrogen-bond donors (Lipinski definition) is 8. The van der Waals surface area contributed by atoms with E-state index in [9.17, 15) is 44.7 Å². The number of carbonyl (C=O) groups is 1. The predicted octanol–water partition coefficient (Wildman–Crippen LogP) is 4.69. The van der Waals surface area contributed by atoms with E-state index in [1.165, 1.54) is 26.6 Å². The average Bonchev–Trinajstić information content (AvgIpc) is 3.84. The van der Waals surface area contributed by atoms with Gasteiger partial charge in [-0.1, -0.05) is 77.5 Å². The number of oxazole rings is 1. The fourth-order valence-electron chi connectivity index (χ4n) is 8.96. The van der Waals surface area contributed by atoms with Gasteiger partial charge >= 0.3 is 7.82 Å². The molecule has 8 N–H and O–H groups in total. The molecule has 0 bridgehead atoms. The monoisotopic (exact) mass is 1010 g/mol. The summed E-state index contributed by atoms with van der Waals surface area (Å²) >= 11 is 0. The fraction of sp³-hybridized carbons (Fsp3) is 0.700. The molecule has 1 amide bonds. The van der Waals surface area contributed by atoms with Gasteiger partial charge < -0.3 is 68.9 Å². The molecule has 0 radical (unpaired) electrons. The fourth-order valence-corrected chi connectivity index (χ4v) is 9.64. The van der Waals surface area contributed by atoms with Crippen LogP contribution < -0.4 is 5.32 Å². The Bertz CT molecular complexity index is 2080. The number of likely N-dealkylation sites (N-methyl/N-ethyl adjacent to an activating group) is 1. The summed E-state index contributed by atoms with van der Waals surface area (Å²) in [6.07, 6.45) is 4.10. The first kappa shape index (κ1) is 60.9. The molecule has 0 saturated carbocycles. The number of nitriles is 1. The first-order valence-electron chi connectivity index (χ1n) is 23.8. The maximum absolute atomic E-state index is 12.6. The van der Waals surface area contributed by atoms with Crippen LogP contribution in [0.2, 0.25) is 0 Å². The van der Waals surface area contributed by atoms with E-state index in [1.54, 1.807) is 45.8 Å². The number of allylic oxidation sites excluding steroid dienone is 7. The van der Waals surface area contributed by atoms with Crippen molar-refractivity contribution in [1.29, 1.82) is 5.26 Å². The third-order valence-electron chi connectivity index (χ3n) is 14.0. The molecule has 2 saturated heterocycles. The van der Waals surface area contributed by atoms with Crippen LogP contribution in [0.1, 0.15) is 105 Å². The second-order valence-electron chi connectivity index (χ2n) is 19.9. The smallest absolute Gasteiger partial charge is 0.448 e. The van der Waals surface area contributed by atoms with E-state index >= 15 is 0 Å². The summed E-state index contributed by atoms with van der Waals surface area (Å²) in [4.78, 5) is 39.2. The SMILES string of the molecule is COC[C@H]([C@@H](O)[C@@H](O)C(=O)NCC[C@@H](C)c1nc(/C=C/CC2O[C@@]3(C[C@@H](O)[C@H]2C)O[C@@H]([C@@H](C[C@@H](O)[C@@H](C)C(O)[C@@H](C)/C=C(C)/C(C)=C/C=C/C(C)=C\C#N)OC)[C@@H](OP(=O)(O)O)C3(C)C)co1)N(C)C. The van der Waals surface area contributed by atoms with Crippen LogP contribution in [0.25, 0.3) is 6.08 Å². The number of nitrogens with zero attached hydrogens (tertiary/aromatic N) is 3. The number of amides is 1. The lowest BCUT2D eigenvalue weighted by Gasteiger charge is -2.50. The van der Waals surface area contributed by atoms with E-state index in [0.717, 1.165) is 16.7 Å². The normalized spacial score (nSPS) is 27.6. The Balaban J connectivity index is 1.74. The van der Waals surface area contributed by atoms with Crippen LogP contribution in [-0.4, -0.2) is 159 Å². The largest absolute Gasteiger partial charge is 0.469 e. The van der Waals surface area contributed by atoms with Crippen LogP contribution in [0.4, 0.5) is 0 Å². The third kappa shape index (κ3) is 16.3. The van der Waals surface area contributed by atoms with Gasteiger partial charge in [0.25, 0.3) is 5.91 Å². The first-order valence-corrected chi connectivity index (χ1v) is 25.4. The molecule has 1 aromatic rings. The van der Waals surface area contributed by atoms with E-state index < -0.39 is 97.7 Å². The quantitative estimate of drug-likeness (QED) is 0.0355. The number of rotatable bonds is 26. The van der Waals surface area contributed by atoms with Crippen LogP contribution in [0, 0.1) is 34.5 Å². The zero-order valence-corrected chi connectivity index (χ0v) is 44.0. The molecule has 19 nitrogen and oxygen atoms in total. The summed E-state index contributed by atoms with van der Waals surface area (Å²) in [5.74, 6) is -3.63. The van der Waals surface area contributed by atoms with Crippen molar-refractivity contribution in [2.45, 2.75) is 161 Å². The molecule has 70 heavy (non-hydrogen) atoms. The summed E-state index contributed by atoms with van der Waals surface area (Å²) in [5, 5.41) is 67.1. The number of ether oxygens (including phenoxy) is 4. The van der Waals surface area contributed by atoms with Crippen LogP contribution >= 0.6 is 7.82 Å². The molecule has 20 heteroatoms. The molecule has 2 aliphatic rings. The molecule has 0 aromatic carbocycles. The van der Waals surface area contributed by atoms with Crippen LogP contribution in [0.5, 0.6) is 0 Å². The number of carbonyl (C=O) groups excluding carboxylic acids is 1. The maximum atomic E-state index is 12.6. The minimum atomic E-state index is -5.15. The van der Waals surface area contributed by atoms with Gasteiger partial charge in [-0.15, -0.1) is 0 Å². The van der Waals surface area contributed by atoms with Gasteiger partial charge in [-0.2, -0.15) is 5.26 Å². The molecule has 0 aliphatic carbocycles. The zero-order chi connectivity index (χ0) is 52.9. The average molecular weight is 1010 g/mol. The molecule has 15 atom stereocenters. The van der Waals surface area contributed by atoms with E-state index in [1.807, 2.05) is 78.0 Å². The van der Waals surface area contributed by atoms with Crippen molar-refractivity contribution in [2.75, 3.05) is 41.5 Å². The maximum Gasteiger partial charge on any atom is 0.469 e. The Morgan fingerprint density at radius 2 is 1.76 bits per heavy atom. The minimum Gasteiger partial charge on any atom is -0.448 e. The standard InChI is InChI=1S/C50H81N4O15P/c1-29(20-22-51)16-14-17-30(2)32(4)24-33(5)42(57)35(7)38(55)25-41(65-13)45-46(69-70(61,62)63)49(8,9)50(68-45)26-39(56)34(6)40(67-50)19-15-18-36-27-66-48(53-36)31(3)21-23-52-47(60)44(59)43(58)37(28-64-12)54(10)11/h14-18,20,24,27,31,33-35,37-46,55-59H,19,21,23,25-26,28H2,1-13H3,(H,52,60)(H2,61,62,63)/b16-14+,18-15+,29-20-,30-17+,32-24+/t31-,33+,34-,35-,37-,38-,39-,40?,41-,42?,43-,44-,45+,46-,50+/m1/s1. The number of phosphoric acid groups is 1. The molecular formula is C50H81N4O15P. The van der Waals surface area contributed by atoms with Crippen LogP contribution in [-0.2, 0) is 32.8 Å². The van der Waals surface area contributed by atoms with Gasteiger partial charge in [0, 0.05) is 68.8 Å². The van der Waals surface area contributed by atoms with Crippen molar-refractivity contribution in [3.05, 3.63) is 71.0 Å². The highest BCUT2D eigenvalue weighted by Gasteiger charge is 2.68. The number of aliphatic hydroxyl groups is 5. The Morgan fingerprint density at radius 1 is 1.09 bits per heavy atom. The topological polar surface area (TPSA) is 287 Å². The predicted molar refractivity (Wildman–Crippen MR) is 262 cm³/mol. The first-order chi connectivity index (χ1) is 32.6. The highest BCUT2D eigenvalue weighted by molar-refractivity contribution is 7.46. The minimum absolute atomic E-state index is 0.0645. The number of hydrogen-bond acceptors (Lipinski definition) is 16. The summed E-state index contributed by atoms with van der Waals surface area (Å²) in [6, 6.07) is 1.40. The van der Waals surface area contributed by atoms with Crippen molar-refractivity contribution in [1.82, 2.24) is 15.2 Å². The van der Waals surface area contributed by atoms with Gasteiger partial charge in [0.05, 0.1) is 49.2 Å². The van der Waals surface area contributed by atoms with Gasteiger partial charge in [0.1, 0.15) is 30.3 Å². The van der Waals surface area contributed by atoms with E-state index in [2.05, 4.69) is 10.3 Å². The molecule has 396 valence electrons. The van der Waals surface area contributed by atoms with Gasteiger partial charge in [0.2, 0.25) is 0 Å². The van der Waals surface area contributed by atoms with Crippen molar-refractivity contribution in [3.8, 4) is 6.07 Å². The van der Waals surface area contributed by atoms with E-state index in [0.29, 0.717) is 18.0 Å². The summed E-state index contributed by atoms with van der Waals surface area (Å²) in [6.45, 7) is 16.6. The number of aliphatic hydroxyl groups excluding tert-OH is 5. The Morgan fingerprint density at radius 3 is 2.36 bits per heavy atom. The summed E-state index contributed by atoms with van der Waals surface area (Å²) in [7, 11) is 1.12. The summed E-state index contributed by atoms with van der Waals surface area (Å²) in [5.41, 5.74) is 1.87. The van der Waals surface area contributed by atoms with E-state index in [4.69, 9.17) is 33.2 Å². The highest BCUT2D eigenvalue weighted by atomic mass is 31.2. The lowest BCUT2D eigenvalue weighted by atomic mass is 9.72. The zero-order valence-electron chi connectivity index (χ0n) is 43.1.